The topological polar surface area (TPSA) is 77.8 Å². The first-order chi connectivity index (χ1) is 15.4. The number of aliphatic carboxylic acids is 1. The summed E-state index contributed by atoms with van der Waals surface area (Å²) in [5, 5.41) is 20.3. The van der Waals surface area contributed by atoms with E-state index < -0.39 is 24.0 Å². The molecule has 3 aromatic carbocycles. The van der Waals surface area contributed by atoms with Crippen LogP contribution in [-0.4, -0.2) is 39.6 Å². The molecule has 0 spiro atoms. The average Bonchev–Trinajstić information content (AvgIpc) is 2.80. The van der Waals surface area contributed by atoms with Crippen LogP contribution in [0.15, 0.2) is 78.9 Å². The summed E-state index contributed by atoms with van der Waals surface area (Å²) < 4.78 is 0. The van der Waals surface area contributed by atoms with Crippen LogP contribution >= 0.6 is 23.2 Å². The Kier molecular flexibility index (Phi) is 7.91. The SMILES string of the molecule is C[C@@H](CO)N1C(=O)c2ccccc2[C@H](C(=O)O)[C@H]1c1ccc(Cl)cc1Cl.c1ccccc1. The number of carboxylic acid groups (broad SMARTS) is 1. The number of carbonyl (C=O) groups excluding carboxylic acids is 1. The molecule has 0 fully saturated rings. The predicted octanol–water partition coefficient (Wildman–Crippen LogP) is 5.43. The number of hydrogen-bond acceptors (Lipinski definition) is 3. The molecule has 3 atom stereocenters. The number of hydrogen-bond donors (Lipinski definition) is 2. The number of rotatable bonds is 4. The second-order valence-electron chi connectivity index (χ2n) is 7.41. The van der Waals surface area contributed by atoms with Gasteiger partial charge in [0, 0.05) is 15.6 Å². The highest BCUT2D eigenvalue weighted by Gasteiger charge is 2.46. The predicted molar refractivity (Wildman–Crippen MR) is 125 cm³/mol. The van der Waals surface area contributed by atoms with E-state index in [1.54, 1.807) is 43.3 Å². The lowest BCUT2D eigenvalue weighted by Gasteiger charge is -2.43. The van der Waals surface area contributed by atoms with Gasteiger partial charge < -0.3 is 15.1 Å². The number of amides is 1. The molecule has 4 rings (SSSR count). The number of aliphatic hydroxyl groups excluding tert-OH is 1. The van der Waals surface area contributed by atoms with Crippen molar-refractivity contribution >= 4 is 35.1 Å². The molecular formula is C25H23Cl2NO4. The van der Waals surface area contributed by atoms with Crippen LogP contribution < -0.4 is 0 Å². The first-order valence-corrected chi connectivity index (χ1v) is 10.8. The van der Waals surface area contributed by atoms with Crippen molar-refractivity contribution in [3.8, 4) is 0 Å². The summed E-state index contributed by atoms with van der Waals surface area (Å²) in [7, 11) is 0. The molecular weight excluding hydrogens is 449 g/mol. The molecule has 1 aliphatic heterocycles. The van der Waals surface area contributed by atoms with E-state index in [0.717, 1.165) is 0 Å². The Hall–Kier alpha value is -2.86. The van der Waals surface area contributed by atoms with Gasteiger partial charge in [0.2, 0.25) is 0 Å². The number of halogens is 2. The normalized spacial score (nSPS) is 18.2. The van der Waals surface area contributed by atoms with Gasteiger partial charge in [0.25, 0.3) is 5.91 Å². The highest BCUT2D eigenvalue weighted by molar-refractivity contribution is 6.35. The van der Waals surface area contributed by atoms with Gasteiger partial charge >= 0.3 is 5.97 Å². The van der Waals surface area contributed by atoms with Crippen molar-refractivity contribution < 1.29 is 19.8 Å². The molecule has 0 aliphatic carbocycles. The zero-order valence-corrected chi connectivity index (χ0v) is 18.9. The highest BCUT2D eigenvalue weighted by atomic mass is 35.5. The third-order valence-electron chi connectivity index (χ3n) is 5.33. The van der Waals surface area contributed by atoms with Crippen molar-refractivity contribution in [1.82, 2.24) is 4.90 Å². The second kappa shape index (κ2) is 10.6. The maximum absolute atomic E-state index is 13.1. The number of aliphatic hydroxyl groups is 1. The van der Waals surface area contributed by atoms with Crippen molar-refractivity contribution in [2.24, 2.45) is 0 Å². The van der Waals surface area contributed by atoms with Gasteiger partial charge in [-0.15, -0.1) is 0 Å². The Labute approximate surface area is 196 Å². The Morgan fingerprint density at radius 1 is 0.969 bits per heavy atom. The van der Waals surface area contributed by atoms with Crippen LogP contribution in [0.1, 0.15) is 40.4 Å². The summed E-state index contributed by atoms with van der Waals surface area (Å²) in [6.07, 6.45) is 0. The minimum Gasteiger partial charge on any atom is -0.481 e. The summed E-state index contributed by atoms with van der Waals surface area (Å²) in [6.45, 7) is 1.36. The van der Waals surface area contributed by atoms with E-state index in [4.69, 9.17) is 23.2 Å². The summed E-state index contributed by atoms with van der Waals surface area (Å²) in [5.74, 6) is -2.43. The van der Waals surface area contributed by atoms with E-state index in [2.05, 4.69) is 0 Å². The molecule has 1 amide bonds. The zero-order valence-electron chi connectivity index (χ0n) is 17.4. The number of carboxylic acids is 1. The van der Waals surface area contributed by atoms with Crippen molar-refractivity contribution in [2.75, 3.05) is 6.61 Å². The molecule has 166 valence electrons. The Balaban J connectivity index is 0.000000416. The molecule has 0 unspecified atom stereocenters. The molecule has 1 heterocycles. The monoisotopic (exact) mass is 471 g/mol. The fraction of sp³-hybridized carbons (Fsp3) is 0.200. The minimum absolute atomic E-state index is 0.274. The first-order valence-electron chi connectivity index (χ1n) is 10.1. The van der Waals surface area contributed by atoms with Crippen LogP contribution in [0.5, 0.6) is 0 Å². The van der Waals surface area contributed by atoms with Gasteiger partial charge in [-0.3, -0.25) is 9.59 Å². The van der Waals surface area contributed by atoms with Crippen LogP contribution in [0.25, 0.3) is 0 Å². The van der Waals surface area contributed by atoms with Crippen LogP contribution in [-0.2, 0) is 4.79 Å². The van der Waals surface area contributed by atoms with Crippen molar-refractivity contribution in [3.63, 3.8) is 0 Å². The molecule has 1 aliphatic rings. The molecule has 5 nitrogen and oxygen atoms in total. The van der Waals surface area contributed by atoms with Crippen LogP contribution in [0.3, 0.4) is 0 Å². The van der Waals surface area contributed by atoms with Crippen molar-refractivity contribution in [2.45, 2.75) is 24.9 Å². The molecule has 7 heteroatoms. The van der Waals surface area contributed by atoms with Crippen molar-refractivity contribution in [1.29, 1.82) is 0 Å². The van der Waals surface area contributed by atoms with E-state index in [1.807, 2.05) is 36.4 Å². The summed E-state index contributed by atoms with van der Waals surface area (Å²) >= 11 is 12.3. The van der Waals surface area contributed by atoms with E-state index in [-0.39, 0.29) is 17.5 Å². The molecule has 2 N–H and O–H groups in total. The maximum Gasteiger partial charge on any atom is 0.313 e. The third kappa shape index (κ3) is 4.96. The Morgan fingerprint density at radius 3 is 2.09 bits per heavy atom. The van der Waals surface area contributed by atoms with Gasteiger partial charge in [-0.2, -0.15) is 0 Å². The highest BCUT2D eigenvalue weighted by Crippen LogP contribution is 2.46. The maximum atomic E-state index is 13.1. The molecule has 32 heavy (non-hydrogen) atoms. The van der Waals surface area contributed by atoms with Gasteiger partial charge in [-0.1, -0.05) is 83.9 Å². The summed E-state index contributed by atoms with van der Waals surface area (Å²) in [6, 6.07) is 21.9. The largest absolute Gasteiger partial charge is 0.481 e. The Morgan fingerprint density at radius 2 is 1.56 bits per heavy atom. The van der Waals surface area contributed by atoms with Gasteiger partial charge in [0.1, 0.15) is 5.92 Å². The van der Waals surface area contributed by atoms with E-state index in [9.17, 15) is 19.8 Å². The van der Waals surface area contributed by atoms with E-state index >= 15 is 0 Å². The standard InChI is InChI=1S/C19H17Cl2NO4.C6H6/c1-10(9-23)22-17(14-7-6-11(20)8-15(14)21)16(19(25)26)12-4-2-3-5-13(12)18(22)24;1-2-4-6-5-3-1/h2-8,10,16-17,23H,9H2,1H3,(H,25,26);1-6H/t10-,16-,17+;/m0./s1. The fourth-order valence-electron chi connectivity index (χ4n) is 3.85. The molecule has 0 bridgehead atoms. The minimum atomic E-state index is -1.07. The van der Waals surface area contributed by atoms with Gasteiger partial charge in [0.15, 0.2) is 0 Å². The van der Waals surface area contributed by atoms with Crippen LogP contribution in [0.4, 0.5) is 0 Å². The number of benzene rings is 3. The van der Waals surface area contributed by atoms with Gasteiger partial charge in [0.05, 0.1) is 18.7 Å². The second-order valence-corrected chi connectivity index (χ2v) is 8.26. The van der Waals surface area contributed by atoms with E-state index in [0.29, 0.717) is 21.7 Å². The fourth-order valence-corrected chi connectivity index (χ4v) is 4.37. The lowest BCUT2D eigenvalue weighted by Crippen LogP contribution is -2.50. The summed E-state index contributed by atoms with van der Waals surface area (Å²) in [4.78, 5) is 26.7. The van der Waals surface area contributed by atoms with E-state index in [1.165, 1.54) is 11.0 Å². The Bertz CT molecular complexity index is 1060. The third-order valence-corrected chi connectivity index (χ3v) is 5.89. The quantitative estimate of drug-likeness (QED) is 0.531. The summed E-state index contributed by atoms with van der Waals surface area (Å²) in [5.41, 5.74) is 1.23. The smallest absolute Gasteiger partial charge is 0.313 e. The van der Waals surface area contributed by atoms with Gasteiger partial charge in [-0.25, -0.2) is 0 Å². The zero-order chi connectivity index (χ0) is 23.3. The average molecular weight is 472 g/mol. The lowest BCUT2D eigenvalue weighted by atomic mass is 9.79. The molecule has 0 saturated heterocycles. The van der Waals surface area contributed by atoms with Crippen LogP contribution in [0, 0.1) is 0 Å². The molecule has 3 aromatic rings. The first kappa shape index (κ1) is 23.8. The van der Waals surface area contributed by atoms with Crippen LogP contribution in [0.2, 0.25) is 10.0 Å². The number of fused-ring (bicyclic) bond motifs is 1. The molecule has 0 saturated carbocycles. The number of nitrogens with zero attached hydrogens (tertiary/aromatic N) is 1. The molecule has 0 radical (unpaired) electrons. The lowest BCUT2D eigenvalue weighted by molar-refractivity contribution is -0.141. The number of carbonyl (C=O) groups is 2. The van der Waals surface area contributed by atoms with Crippen molar-refractivity contribution in [3.05, 3.63) is 106 Å². The molecule has 0 aromatic heterocycles. The van der Waals surface area contributed by atoms with Gasteiger partial charge in [-0.05, 0) is 36.2 Å².